The third-order valence-corrected chi connectivity index (χ3v) is 8.96. The number of rotatable bonds is 8. The van der Waals surface area contributed by atoms with E-state index in [0.717, 1.165) is 39.4 Å². The fourth-order valence-electron chi connectivity index (χ4n) is 5.19. The number of imidazole rings is 1. The average molecular weight is 655 g/mol. The minimum atomic E-state index is -5.29. The summed E-state index contributed by atoms with van der Waals surface area (Å²) in [6.45, 7) is 3.39. The number of carbonyl (C=O) groups is 1. The predicted molar refractivity (Wildman–Crippen MR) is 159 cm³/mol. The molecule has 16 heteroatoms. The first kappa shape index (κ1) is 31.9. The number of oxazole rings is 1. The van der Waals surface area contributed by atoms with Crippen LogP contribution in [0.25, 0.3) is 22.3 Å². The second-order valence-electron chi connectivity index (χ2n) is 10.9. The summed E-state index contributed by atoms with van der Waals surface area (Å²) >= 11 is 7.30. The first-order valence-corrected chi connectivity index (χ1v) is 15.1. The molecule has 5 rings (SSSR count). The number of allylic oxidation sites excluding steroid dienone is 1. The Morgan fingerprint density at radius 2 is 1.93 bits per heavy atom. The van der Waals surface area contributed by atoms with E-state index in [2.05, 4.69) is 9.97 Å². The summed E-state index contributed by atoms with van der Waals surface area (Å²) < 4.78 is 54.0. The molecule has 0 bridgehead atoms. The SMILES string of the molecule is CC(C)=CC(OC(=O)C(F)(F)F)n1c(SC2CCC(CN)CC2)nc2c1c(=O)n(Cc1nc3cc(Cl)ccc3o1)c(=O)n2C. The lowest BCUT2D eigenvalue weighted by molar-refractivity contribution is -0.206. The Bertz CT molecular complexity index is 1870. The van der Waals surface area contributed by atoms with Crippen LogP contribution >= 0.6 is 23.4 Å². The number of carbonyl (C=O) groups excluding carboxylic acids is 1. The Kier molecular flexibility index (Phi) is 9.01. The lowest BCUT2D eigenvalue weighted by atomic mass is 9.89. The monoisotopic (exact) mass is 654 g/mol. The Morgan fingerprint density at radius 1 is 1.23 bits per heavy atom. The van der Waals surface area contributed by atoms with Crippen molar-refractivity contribution in [2.24, 2.45) is 18.7 Å². The molecule has 1 saturated carbocycles. The number of aromatic nitrogens is 5. The van der Waals surface area contributed by atoms with Crippen molar-refractivity contribution in [3.63, 3.8) is 0 Å². The van der Waals surface area contributed by atoms with Crippen LogP contribution in [0.3, 0.4) is 0 Å². The van der Waals surface area contributed by atoms with Crippen molar-refractivity contribution in [1.29, 1.82) is 0 Å². The molecule has 3 aromatic heterocycles. The largest absolute Gasteiger partial charge is 0.491 e. The van der Waals surface area contributed by atoms with Crippen LogP contribution in [-0.2, 0) is 23.1 Å². The van der Waals surface area contributed by atoms with Crippen LogP contribution < -0.4 is 17.0 Å². The predicted octanol–water partition coefficient (Wildman–Crippen LogP) is 4.92. The number of thioether (sulfide) groups is 1. The number of nitrogens with zero attached hydrogens (tertiary/aromatic N) is 5. The van der Waals surface area contributed by atoms with Crippen molar-refractivity contribution in [3.8, 4) is 0 Å². The molecule has 1 aromatic carbocycles. The average Bonchev–Trinajstić information content (AvgIpc) is 3.54. The molecule has 2 N–H and O–H groups in total. The van der Waals surface area contributed by atoms with Gasteiger partial charge < -0.3 is 14.9 Å². The number of halogens is 4. The van der Waals surface area contributed by atoms with Crippen LogP contribution in [0, 0.1) is 5.92 Å². The number of ether oxygens (including phenoxy) is 1. The van der Waals surface area contributed by atoms with Gasteiger partial charge in [0.15, 0.2) is 21.9 Å². The van der Waals surface area contributed by atoms with Gasteiger partial charge in [0.2, 0.25) is 12.1 Å². The van der Waals surface area contributed by atoms with E-state index in [4.69, 9.17) is 26.5 Å². The van der Waals surface area contributed by atoms with Crippen LogP contribution in [0.2, 0.25) is 5.02 Å². The van der Waals surface area contributed by atoms with Gasteiger partial charge in [0.05, 0.1) is 0 Å². The summed E-state index contributed by atoms with van der Waals surface area (Å²) in [5, 5.41) is 0.552. The van der Waals surface area contributed by atoms with Crippen LogP contribution in [0.5, 0.6) is 0 Å². The summed E-state index contributed by atoms with van der Waals surface area (Å²) in [5.41, 5.74) is 5.22. The molecular weight excluding hydrogens is 625 g/mol. The first-order valence-electron chi connectivity index (χ1n) is 13.8. The number of nitrogens with two attached hydrogens (primary N) is 1. The molecule has 44 heavy (non-hydrogen) atoms. The number of esters is 1. The van der Waals surface area contributed by atoms with E-state index in [1.807, 2.05) is 0 Å². The molecule has 0 spiro atoms. The van der Waals surface area contributed by atoms with Crippen molar-refractivity contribution in [1.82, 2.24) is 23.7 Å². The van der Waals surface area contributed by atoms with Gasteiger partial charge in [0.25, 0.3) is 5.56 Å². The number of fused-ring (bicyclic) bond motifs is 2. The number of alkyl halides is 3. The summed E-state index contributed by atoms with van der Waals surface area (Å²) in [5.74, 6) is -2.04. The highest BCUT2D eigenvalue weighted by Crippen LogP contribution is 2.38. The van der Waals surface area contributed by atoms with Gasteiger partial charge in [0, 0.05) is 17.3 Å². The molecule has 1 fully saturated rings. The molecule has 1 aliphatic carbocycles. The molecule has 11 nitrogen and oxygen atoms in total. The number of hydrogen-bond acceptors (Lipinski definition) is 9. The Hall–Kier alpha value is -3.56. The molecule has 4 aromatic rings. The highest BCUT2D eigenvalue weighted by Gasteiger charge is 2.43. The van der Waals surface area contributed by atoms with Gasteiger partial charge in [-0.2, -0.15) is 13.2 Å². The molecule has 0 aliphatic heterocycles. The highest BCUT2D eigenvalue weighted by molar-refractivity contribution is 7.99. The van der Waals surface area contributed by atoms with Gasteiger partial charge in [-0.3, -0.25) is 13.9 Å². The summed E-state index contributed by atoms with van der Waals surface area (Å²) in [7, 11) is 1.39. The fourth-order valence-corrected chi connectivity index (χ4v) is 6.61. The maximum Gasteiger partial charge on any atom is 0.491 e. The van der Waals surface area contributed by atoms with Crippen molar-refractivity contribution in [2.45, 2.75) is 68.9 Å². The third-order valence-electron chi connectivity index (χ3n) is 7.42. The van der Waals surface area contributed by atoms with Gasteiger partial charge in [-0.1, -0.05) is 28.9 Å². The zero-order valence-corrected chi connectivity index (χ0v) is 25.6. The highest BCUT2D eigenvalue weighted by atomic mass is 35.5. The zero-order valence-electron chi connectivity index (χ0n) is 24.1. The molecule has 0 radical (unpaired) electrons. The van der Waals surface area contributed by atoms with Crippen molar-refractivity contribution in [3.05, 3.63) is 61.6 Å². The van der Waals surface area contributed by atoms with E-state index in [1.54, 1.807) is 32.0 Å². The molecule has 0 saturated heterocycles. The maximum absolute atomic E-state index is 14.0. The lowest BCUT2D eigenvalue weighted by Crippen LogP contribution is -2.40. The summed E-state index contributed by atoms with van der Waals surface area (Å²) in [6.07, 6.45) is -2.45. The van der Waals surface area contributed by atoms with Gasteiger partial charge >= 0.3 is 17.8 Å². The summed E-state index contributed by atoms with van der Waals surface area (Å²) in [6, 6.07) is 4.76. The molecule has 236 valence electrons. The second kappa shape index (κ2) is 12.4. The zero-order chi connectivity index (χ0) is 31.9. The Morgan fingerprint density at radius 3 is 2.57 bits per heavy atom. The van der Waals surface area contributed by atoms with Crippen molar-refractivity contribution < 1.29 is 27.1 Å². The minimum absolute atomic E-state index is 0.00450. The van der Waals surface area contributed by atoms with E-state index in [1.165, 1.54) is 24.9 Å². The first-order chi connectivity index (χ1) is 20.8. The quantitative estimate of drug-likeness (QED) is 0.207. The standard InChI is InChI=1S/C28H30ClF3N6O5S/c1-14(2)10-21(43-25(40)28(30,31)32)38-22-23(35-26(38)44-17-7-4-15(12-33)5-8-17)36(3)27(41)37(24(22)39)13-20-34-18-11-16(29)6-9-19(18)42-20/h6,9-11,15,17,21H,4-5,7-8,12-13,33H2,1-3H3. The Labute approximate surface area is 257 Å². The summed E-state index contributed by atoms with van der Waals surface area (Å²) in [4.78, 5) is 48.4. The van der Waals surface area contributed by atoms with Gasteiger partial charge in [-0.25, -0.2) is 24.1 Å². The van der Waals surface area contributed by atoms with Crippen LogP contribution in [0.4, 0.5) is 13.2 Å². The number of hydrogen-bond donors (Lipinski definition) is 1. The van der Waals surface area contributed by atoms with E-state index < -0.39 is 29.6 Å². The number of aryl methyl sites for hydroxylation is 1. The van der Waals surface area contributed by atoms with Gasteiger partial charge in [-0.05, 0) is 76.3 Å². The fraction of sp³-hybridized carbons (Fsp3) is 0.464. The normalized spacial score (nSPS) is 18.1. The van der Waals surface area contributed by atoms with Crippen molar-refractivity contribution in [2.75, 3.05) is 6.54 Å². The van der Waals surface area contributed by atoms with Gasteiger partial charge in [-0.15, -0.1) is 0 Å². The molecular formula is C28H30ClF3N6O5S. The van der Waals surface area contributed by atoms with Crippen LogP contribution in [-0.4, -0.2) is 47.6 Å². The van der Waals surface area contributed by atoms with Crippen LogP contribution in [0.1, 0.15) is 51.6 Å². The maximum atomic E-state index is 14.0. The smallest absolute Gasteiger partial charge is 0.439 e. The third kappa shape index (κ3) is 6.44. The van der Waals surface area contributed by atoms with Gasteiger partial charge in [0.1, 0.15) is 12.1 Å². The van der Waals surface area contributed by atoms with E-state index in [-0.39, 0.29) is 34.0 Å². The second-order valence-corrected chi connectivity index (χ2v) is 12.6. The molecule has 0 amide bonds. The van der Waals surface area contributed by atoms with Crippen molar-refractivity contribution >= 4 is 51.6 Å². The topological polar surface area (TPSA) is 140 Å². The van der Waals surface area contributed by atoms with Crippen LogP contribution in [0.15, 0.2) is 49.0 Å². The van der Waals surface area contributed by atoms with E-state index in [0.29, 0.717) is 34.2 Å². The Balaban J connectivity index is 1.68. The number of benzene rings is 1. The van der Waals surface area contributed by atoms with E-state index >= 15 is 0 Å². The molecule has 1 aliphatic rings. The van der Waals surface area contributed by atoms with E-state index in [9.17, 15) is 27.6 Å². The molecule has 1 unspecified atom stereocenters. The molecule has 1 atom stereocenters. The lowest BCUT2D eigenvalue weighted by Gasteiger charge is -2.27. The molecule has 3 heterocycles. The minimum Gasteiger partial charge on any atom is -0.439 e.